The summed E-state index contributed by atoms with van der Waals surface area (Å²) < 4.78 is 18.5. The summed E-state index contributed by atoms with van der Waals surface area (Å²) >= 11 is 0. The Kier molecular flexibility index (Phi) is 17.5. The van der Waals surface area contributed by atoms with E-state index in [0.717, 1.165) is 36.4 Å². The number of hydrogen-bond donors (Lipinski definition) is 0. The van der Waals surface area contributed by atoms with Gasteiger partial charge >= 0.3 is 0 Å². The normalized spacial score (nSPS) is 11.2. The summed E-state index contributed by atoms with van der Waals surface area (Å²) in [7, 11) is 5.18. The second-order valence-corrected chi connectivity index (χ2v) is 12.3. The Bertz CT molecular complexity index is 1260. The van der Waals surface area contributed by atoms with Gasteiger partial charge < -0.3 is 14.2 Å². The van der Waals surface area contributed by atoms with Crippen molar-refractivity contribution in [2.45, 2.75) is 96.6 Å². The van der Waals surface area contributed by atoms with E-state index in [9.17, 15) is 0 Å². The molecule has 46 heavy (non-hydrogen) atoms. The highest BCUT2D eigenvalue weighted by Gasteiger charge is 2.27. The highest BCUT2D eigenvalue weighted by molar-refractivity contribution is 6.59. The van der Waals surface area contributed by atoms with Crippen LogP contribution >= 0.6 is 0 Å². The van der Waals surface area contributed by atoms with Crippen molar-refractivity contribution >= 4 is 6.71 Å². The quantitative estimate of drug-likeness (QED) is 0.0593. The topological polar surface area (TPSA) is 31.6 Å². The van der Waals surface area contributed by atoms with Gasteiger partial charge in [-0.1, -0.05) is 124 Å². The molecular weight excluding hydrogens is 565 g/mol. The number of benzene rings is 3. The van der Waals surface area contributed by atoms with Crippen LogP contribution in [0.1, 0.15) is 94.1 Å². The standard InChI is InChI=1S/C32H43BO3.C9H14N/c1-5-6-7-8-9-10-11-32(28-16-22-31(36-4)23-17-28)33(24-26-12-18-29(34-2)19-13-26)25-27-14-20-30(35-3)21-15-27;1-2-3-7-10-8-5-4-6-9-10/h12-23,32H,5-11,24-25H2,1-4H3;4-6,8-9H,2-3,7H2,1H3/q;+1. The molecule has 0 aliphatic heterocycles. The Hall–Kier alpha value is -3.73. The third kappa shape index (κ3) is 13.3. The lowest BCUT2D eigenvalue weighted by atomic mass is 9.34. The molecule has 1 unspecified atom stereocenters. The van der Waals surface area contributed by atoms with E-state index < -0.39 is 0 Å². The minimum absolute atomic E-state index is 0.478. The van der Waals surface area contributed by atoms with E-state index in [1.54, 1.807) is 21.3 Å². The fourth-order valence-electron chi connectivity index (χ4n) is 6.08. The Balaban J connectivity index is 0.000000489. The van der Waals surface area contributed by atoms with Gasteiger partial charge in [-0.2, -0.15) is 0 Å². The van der Waals surface area contributed by atoms with Gasteiger partial charge in [-0.15, -0.1) is 0 Å². The van der Waals surface area contributed by atoms with Gasteiger partial charge in [0.25, 0.3) is 0 Å². The molecule has 4 nitrogen and oxygen atoms in total. The first-order valence-electron chi connectivity index (χ1n) is 17.4. The first-order chi connectivity index (χ1) is 22.6. The summed E-state index contributed by atoms with van der Waals surface area (Å²) in [6.45, 7) is 6.12. The molecule has 1 atom stereocenters. The average molecular weight is 623 g/mol. The van der Waals surface area contributed by atoms with Crippen LogP contribution in [0.25, 0.3) is 0 Å². The lowest BCUT2D eigenvalue weighted by Crippen LogP contribution is -2.31. The van der Waals surface area contributed by atoms with E-state index in [0.29, 0.717) is 12.5 Å². The highest BCUT2D eigenvalue weighted by Crippen LogP contribution is 2.31. The molecule has 0 spiro atoms. The molecule has 0 amide bonds. The van der Waals surface area contributed by atoms with Crippen molar-refractivity contribution in [1.29, 1.82) is 0 Å². The van der Waals surface area contributed by atoms with E-state index in [1.165, 1.54) is 74.5 Å². The van der Waals surface area contributed by atoms with Gasteiger partial charge in [0.15, 0.2) is 19.1 Å². The van der Waals surface area contributed by atoms with Gasteiger partial charge in [0.05, 0.1) is 21.3 Å². The van der Waals surface area contributed by atoms with Crippen LogP contribution in [0.15, 0.2) is 103 Å². The lowest BCUT2D eigenvalue weighted by molar-refractivity contribution is -0.697. The molecule has 0 saturated heterocycles. The largest absolute Gasteiger partial charge is 0.497 e. The van der Waals surface area contributed by atoms with Crippen molar-refractivity contribution in [3.63, 3.8) is 0 Å². The molecule has 3 aromatic carbocycles. The number of ether oxygens (including phenoxy) is 3. The van der Waals surface area contributed by atoms with Crippen molar-refractivity contribution in [2.24, 2.45) is 0 Å². The molecule has 0 bridgehead atoms. The van der Waals surface area contributed by atoms with Crippen molar-refractivity contribution in [3.8, 4) is 17.2 Å². The molecule has 0 aliphatic carbocycles. The number of nitrogens with zero attached hydrogens (tertiary/aromatic N) is 1. The fraction of sp³-hybridized carbons (Fsp3) is 0.439. The van der Waals surface area contributed by atoms with Gasteiger partial charge in [0.2, 0.25) is 0 Å². The first kappa shape index (κ1) is 36.7. The third-order valence-electron chi connectivity index (χ3n) is 8.84. The lowest BCUT2D eigenvalue weighted by Gasteiger charge is -2.26. The van der Waals surface area contributed by atoms with Gasteiger partial charge in [0.1, 0.15) is 23.8 Å². The smallest absolute Gasteiger partial charge is 0.168 e. The number of aryl methyl sites for hydroxylation is 1. The fourth-order valence-corrected chi connectivity index (χ4v) is 6.08. The Labute approximate surface area is 280 Å². The van der Waals surface area contributed by atoms with Gasteiger partial charge in [-0.05, 0) is 54.9 Å². The van der Waals surface area contributed by atoms with Crippen molar-refractivity contribution in [2.75, 3.05) is 21.3 Å². The molecule has 1 aromatic heterocycles. The van der Waals surface area contributed by atoms with Crippen molar-refractivity contribution < 1.29 is 18.8 Å². The summed E-state index contributed by atoms with van der Waals surface area (Å²) in [5.41, 5.74) is 4.13. The van der Waals surface area contributed by atoms with E-state index in [2.05, 4.69) is 116 Å². The Morgan fingerprint density at radius 1 is 0.543 bits per heavy atom. The average Bonchev–Trinajstić information content (AvgIpc) is 3.11. The van der Waals surface area contributed by atoms with E-state index >= 15 is 0 Å². The maximum Gasteiger partial charge on any atom is 0.168 e. The molecule has 4 aromatic rings. The monoisotopic (exact) mass is 622 g/mol. The summed E-state index contributed by atoms with van der Waals surface area (Å²) in [6, 6.07) is 32.1. The molecule has 5 heteroatoms. The molecule has 4 rings (SSSR count). The van der Waals surface area contributed by atoms with Crippen LogP contribution in [0.4, 0.5) is 0 Å². The SMILES string of the molecule is CCCCCCCCC(B(Cc1ccc(OC)cc1)Cc1ccc(OC)cc1)c1ccc(OC)cc1.CCCC[n+]1ccccc1. The molecule has 0 radical (unpaired) electrons. The summed E-state index contributed by atoms with van der Waals surface area (Å²) in [5.74, 6) is 3.21. The number of aromatic nitrogens is 1. The van der Waals surface area contributed by atoms with Crippen LogP contribution in [0.5, 0.6) is 17.2 Å². The predicted molar refractivity (Wildman–Crippen MR) is 194 cm³/mol. The molecule has 0 saturated carbocycles. The molecule has 246 valence electrons. The first-order valence-corrected chi connectivity index (χ1v) is 17.4. The van der Waals surface area contributed by atoms with Crippen LogP contribution in [0.3, 0.4) is 0 Å². The summed E-state index contributed by atoms with van der Waals surface area (Å²) in [5, 5.41) is 0. The van der Waals surface area contributed by atoms with Crippen LogP contribution in [0, 0.1) is 0 Å². The minimum Gasteiger partial charge on any atom is -0.497 e. The molecule has 0 N–H and O–H groups in total. The van der Waals surface area contributed by atoms with Gasteiger partial charge in [-0.25, -0.2) is 4.57 Å². The second-order valence-electron chi connectivity index (χ2n) is 12.3. The summed E-state index contributed by atoms with van der Waals surface area (Å²) in [4.78, 5) is 0. The van der Waals surface area contributed by atoms with E-state index in [1.807, 2.05) is 6.07 Å². The number of rotatable bonds is 19. The number of pyridine rings is 1. The van der Waals surface area contributed by atoms with E-state index in [4.69, 9.17) is 14.2 Å². The maximum absolute atomic E-state index is 5.46. The van der Waals surface area contributed by atoms with Gasteiger partial charge in [0, 0.05) is 18.6 Å². The maximum atomic E-state index is 5.46. The predicted octanol–water partition coefficient (Wildman–Crippen LogP) is 9.92. The number of unbranched alkanes of at least 4 members (excludes halogenated alkanes) is 6. The minimum atomic E-state index is 0.478. The zero-order chi connectivity index (χ0) is 32.8. The van der Waals surface area contributed by atoms with Crippen LogP contribution < -0.4 is 18.8 Å². The van der Waals surface area contributed by atoms with Crippen LogP contribution in [-0.4, -0.2) is 28.0 Å². The molecule has 0 aliphatic rings. The Morgan fingerprint density at radius 2 is 1.00 bits per heavy atom. The summed E-state index contributed by atoms with van der Waals surface area (Å²) in [6.07, 6.45) is 17.9. The molecular formula is C41H57BNO3+. The third-order valence-corrected chi connectivity index (χ3v) is 8.84. The Morgan fingerprint density at radius 3 is 1.48 bits per heavy atom. The van der Waals surface area contributed by atoms with Gasteiger partial charge in [-0.3, -0.25) is 0 Å². The zero-order valence-electron chi connectivity index (χ0n) is 29.1. The zero-order valence-corrected chi connectivity index (χ0v) is 29.1. The van der Waals surface area contributed by atoms with Crippen molar-refractivity contribution in [1.82, 2.24) is 0 Å². The molecule has 0 fully saturated rings. The van der Waals surface area contributed by atoms with Crippen LogP contribution in [0.2, 0.25) is 0 Å². The van der Waals surface area contributed by atoms with E-state index in [-0.39, 0.29) is 0 Å². The highest BCUT2D eigenvalue weighted by atomic mass is 16.5. The number of hydrogen-bond acceptors (Lipinski definition) is 3. The molecule has 1 heterocycles. The van der Waals surface area contributed by atoms with Crippen LogP contribution in [-0.2, 0) is 19.2 Å². The second kappa shape index (κ2) is 21.9. The number of methoxy groups -OCH3 is 3. The van der Waals surface area contributed by atoms with Crippen molar-refractivity contribution in [3.05, 3.63) is 120 Å².